The zero-order chi connectivity index (χ0) is 12.8. The molecule has 94 valence electrons. The number of fused-ring (bicyclic) bond motifs is 1. The minimum absolute atomic E-state index is 0.103. The molecule has 1 N–H and O–H groups in total. The van der Waals surface area contributed by atoms with Gasteiger partial charge in [-0.15, -0.1) is 0 Å². The number of hydrogen-bond acceptors (Lipinski definition) is 3. The van der Waals surface area contributed by atoms with Crippen molar-refractivity contribution in [1.29, 1.82) is 0 Å². The largest absolute Gasteiger partial charge is 0.496 e. The average molecular weight is 301 g/mol. The van der Waals surface area contributed by atoms with E-state index in [1.165, 1.54) is 0 Å². The molecule has 0 amide bonds. The van der Waals surface area contributed by atoms with Gasteiger partial charge in [0.2, 0.25) is 0 Å². The van der Waals surface area contributed by atoms with Gasteiger partial charge in [0, 0.05) is 11.1 Å². The van der Waals surface area contributed by atoms with Gasteiger partial charge in [-0.25, -0.2) is 0 Å². The van der Waals surface area contributed by atoms with Crippen molar-refractivity contribution in [2.75, 3.05) is 14.2 Å². The first-order chi connectivity index (χ1) is 7.92. The Bertz CT molecular complexity index is 454. The number of hydrogen-bond donors (Lipinski definition) is 1. The van der Waals surface area contributed by atoms with E-state index < -0.39 is 6.10 Å². The Morgan fingerprint density at radius 1 is 1.35 bits per heavy atom. The number of rotatable bonds is 2. The van der Waals surface area contributed by atoms with Gasteiger partial charge in [-0.3, -0.25) is 0 Å². The molecule has 3 nitrogen and oxygen atoms in total. The normalized spacial score (nSPS) is 21.2. The summed E-state index contributed by atoms with van der Waals surface area (Å²) in [6, 6.07) is 1.90. The third kappa shape index (κ3) is 1.83. The van der Waals surface area contributed by atoms with Crippen LogP contribution in [0.2, 0.25) is 0 Å². The van der Waals surface area contributed by atoms with Crippen molar-refractivity contribution in [3.05, 3.63) is 21.7 Å². The summed E-state index contributed by atoms with van der Waals surface area (Å²) in [6.07, 6.45) is 0.187. The summed E-state index contributed by atoms with van der Waals surface area (Å²) in [5, 5.41) is 10.2. The molecule has 1 aromatic rings. The quantitative estimate of drug-likeness (QED) is 0.912. The minimum atomic E-state index is -0.499. The van der Waals surface area contributed by atoms with E-state index in [1.54, 1.807) is 14.2 Å². The maximum Gasteiger partial charge on any atom is 0.139 e. The molecule has 4 heteroatoms. The van der Waals surface area contributed by atoms with E-state index in [9.17, 15) is 5.11 Å². The molecule has 2 rings (SSSR count). The smallest absolute Gasteiger partial charge is 0.139 e. The van der Waals surface area contributed by atoms with Crippen LogP contribution in [-0.4, -0.2) is 19.3 Å². The maximum absolute atomic E-state index is 10.2. The van der Waals surface area contributed by atoms with Crippen molar-refractivity contribution in [2.45, 2.75) is 31.8 Å². The molecule has 1 unspecified atom stereocenters. The van der Waals surface area contributed by atoms with Crippen LogP contribution in [0.5, 0.6) is 11.5 Å². The van der Waals surface area contributed by atoms with Gasteiger partial charge in [0.05, 0.1) is 24.8 Å². The van der Waals surface area contributed by atoms with Crippen molar-refractivity contribution >= 4 is 15.9 Å². The van der Waals surface area contributed by atoms with Gasteiger partial charge in [0.25, 0.3) is 0 Å². The summed E-state index contributed by atoms with van der Waals surface area (Å²) < 4.78 is 11.6. The first kappa shape index (κ1) is 12.7. The molecule has 0 saturated carbocycles. The Balaban J connectivity index is 2.77. The monoisotopic (exact) mass is 300 g/mol. The molecule has 0 saturated heterocycles. The Hall–Kier alpha value is -0.740. The van der Waals surface area contributed by atoms with Crippen LogP contribution >= 0.6 is 15.9 Å². The molecular weight excluding hydrogens is 284 g/mol. The highest BCUT2D eigenvalue weighted by Gasteiger charge is 2.41. The van der Waals surface area contributed by atoms with Crippen LogP contribution in [0.4, 0.5) is 0 Å². The molecule has 0 spiro atoms. The second kappa shape index (κ2) is 4.18. The third-order valence-electron chi connectivity index (χ3n) is 3.37. The van der Waals surface area contributed by atoms with Crippen molar-refractivity contribution < 1.29 is 14.6 Å². The summed E-state index contributed by atoms with van der Waals surface area (Å²) in [7, 11) is 3.26. The molecule has 0 aromatic heterocycles. The van der Waals surface area contributed by atoms with Gasteiger partial charge in [-0.2, -0.15) is 0 Å². The molecule has 0 aliphatic heterocycles. The highest BCUT2D eigenvalue weighted by Crippen LogP contribution is 2.54. The van der Waals surface area contributed by atoms with Crippen molar-refractivity contribution in [3.8, 4) is 11.5 Å². The molecule has 1 aliphatic rings. The lowest BCUT2D eigenvalue weighted by Crippen LogP contribution is -2.13. The second-order valence-corrected chi connectivity index (χ2v) is 5.84. The van der Waals surface area contributed by atoms with Crippen LogP contribution in [0.1, 0.15) is 37.5 Å². The van der Waals surface area contributed by atoms with Crippen molar-refractivity contribution in [2.24, 2.45) is 0 Å². The van der Waals surface area contributed by atoms with E-state index in [1.807, 2.05) is 6.07 Å². The SMILES string of the molecule is COc1cc(Br)c(OC)c2c1C(C)(C)CC2O. The first-order valence-electron chi connectivity index (χ1n) is 5.55. The fraction of sp³-hybridized carbons (Fsp3) is 0.538. The van der Waals surface area contributed by atoms with Crippen LogP contribution in [0, 0.1) is 0 Å². The van der Waals surface area contributed by atoms with E-state index >= 15 is 0 Å². The van der Waals surface area contributed by atoms with Gasteiger partial charge in [0.15, 0.2) is 0 Å². The zero-order valence-electron chi connectivity index (χ0n) is 10.5. The number of benzene rings is 1. The van der Waals surface area contributed by atoms with E-state index in [0.717, 1.165) is 21.3 Å². The number of methoxy groups -OCH3 is 2. The lowest BCUT2D eigenvalue weighted by Gasteiger charge is -2.22. The summed E-state index contributed by atoms with van der Waals surface area (Å²) in [5.41, 5.74) is 1.80. The van der Waals surface area contributed by atoms with Gasteiger partial charge in [-0.05, 0) is 33.8 Å². The molecule has 0 heterocycles. The Kier molecular flexibility index (Phi) is 3.12. The van der Waals surface area contributed by atoms with E-state index in [0.29, 0.717) is 12.2 Å². The fourth-order valence-corrected chi connectivity index (χ4v) is 3.28. The average Bonchev–Trinajstić information content (AvgIpc) is 2.48. The summed E-state index contributed by atoms with van der Waals surface area (Å²) in [6.45, 7) is 4.22. The lowest BCUT2D eigenvalue weighted by molar-refractivity contribution is 0.158. The number of halogens is 1. The second-order valence-electron chi connectivity index (χ2n) is 4.99. The minimum Gasteiger partial charge on any atom is -0.496 e. The predicted octanol–water partition coefficient (Wildman–Crippen LogP) is 3.18. The highest BCUT2D eigenvalue weighted by molar-refractivity contribution is 9.10. The van der Waals surface area contributed by atoms with E-state index in [4.69, 9.17) is 9.47 Å². The number of ether oxygens (including phenoxy) is 2. The molecule has 0 radical (unpaired) electrons. The number of aliphatic hydroxyl groups is 1. The van der Waals surface area contributed by atoms with Gasteiger partial charge in [-0.1, -0.05) is 13.8 Å². The molecule has 17 heavy (non-hydrogen) atoms. The predicted molar refractivity (Wildman–Crippen MR) is 69.8 cm³/mol. The van der Waals surface area contributed by atoms with Gasteiger partial charge >= 0.3 is 0 Å². The topological polar surface area (TPSA) is 38.7 Å². The summed E-state index contributed by atoms with van der Waals surface area (Å²) in [5.74, 6) is 1.51. The molecule has 0 fully saturated rings. The Morgan fingerprint density at radius 2 is 2.00 bits per heavy atom. The van der Waals surface area contributed by atoms with Crippen molar-refractivity contribution in [3.63, 3.8) is 0 Å². The standard InChI is InChI=1S/C13H17BrO3/c1-13(2)6-8(15)10-11(13)9(16-3)5-7(14)12(10)17-4/h5,8,15H,6H2,1-4H3. The molecular formula is C13H17BrO3. The van der Waals surface area contributed by atoms with Crippen LogP contribution in [0.15, 0.2) is 10.5 Å². The Labute approximate surface area is 110 Å². The molecule has 1 aromatic carbocycles. The van der Waals surface area contributed by atoms with E-state index in [2.05, 4.69) is 29.8 Å². The summed E-state index contributed by atoms with van der Waals surface area (Å²) >= 11 is 3.45. The summed E-state index contributed by atoms with van der Waals surface area (Å²) in [4.78, 5) is 0. The van der Waals surface area contributed by atoms with Crippen molar-refractivity contribution in [1.82, 2.24) is 0 Å². The third-order valence-corrected chi connectivity index (χ3v) is 3.96. The molecule has 1 aliphatic carbocycles. The van der Waals surface area contributed by atoms with Crippen LogP contribution in [0.3, 0.4) is 0 Å². The molecule has 1 atom stereocenters. The van der Waals surface area contributed by atoms with Crippen LogP contribution in [0.25, 0.3) is 0 Å². The maximum atomic E-state index is 10.2. The lowest BCUT2D eigenvalue weighted by atomic mass is 9.86. The fourth-order valence-electron chi connectivity index (χ4n) is 2.70. The number of aliphatic hydroxyl groups excluding tert-OH is 1. The first-order valence-corrected chi connectivity index (χ1v) is 6.34. The van der Waals surface area contributed by atoms with E-state index in [-0.39, 0.29) is 5.41 Å². The van der Waals surface area contributed by atoms with Crippen LogP contribution < -0.4 is 9.47 Å². The Morgan fingerprint density at radius 3 is 2.53 bits per heavy atom. The zero-order valence-corrected chi connectivity index (χ0v) is 12.1. The van der Waals surface area contributed by atoms with Gasteiger partial charge in [0.1, 0.15) is 11.5 Å². The highest BCUT2D eigenvalue weighted by atomic mass is 79.9. The molecule has 0 bridgehead atoms. The van der Waals surface area contributed by atoms with Gasteiger partial charge < -0.3 is 14.6 Å². The van der Waals surface area contributed by atoms with Crippen LogP contribution in [-0.2, 0) is 5.41 Å².